The molecule has 0 atom stereocenters. The third-order valence-electron chi connectivity index (χ3n) is 1.67. The highest BCUT2D eigenvalue weighted by Crippen LogP contribution is 2.08. The van der Waals surface area contributed by atoms with E-state index in [0.29, 0.717) is 0 Å². The van der Waals surface area contributed by atoms with E-state index in [0.717, 1.165) is 11.1 Å². The van der Waals surface area contributed by atoms with Crippen LogP contribution in [0.5, 0.6) is 0 Å². The first-order valence-corrected chi connectivity index (χ1v) is 4.37. The van der Waals surface area contributed by atoms with Gasteiger partial charge >= 0.3 is 0 Å². The molecule has 3 heteroatoms. The van der Waals surface area contributed by atoms with Crippen LogP contribution in [0.25, 0.3) is 5.52 Å². The molecule has 0 saturated carbocycles. The van der Waals surface area contributed by atoms with E-state index in [1.807, 2.05) is 20.8 Å². The summed E-state index contributed by atoms with van der Waals surface area (Å²) in [5, 5.41) is 3.96. The molecule has 0 aliphatic carbocycles. The van der Waals surface area contributed by atoms with E-state index in [1.54, 1.807) is 12.3 Å². The van der Waals surface area contributed by atoms with Gasteiger partial charge in [0.05, 0.1) is 17.9 Å². The summed E-state index contributed by atoms with van der Waals surface area (Å²) < 4.78 is 14.1. The third kappa shape index (κ3) is 1.86. The predicted molar refractivity (Wildman–Crippen MR) is 51.2 cm³/mol. The van der Waals surface area contributed by atoms with E-state index >= 15 is 0 Å². The molecule has 2 heterocycles. The lowest BCUT2D eigenvalue weighted by Gasteiger charge is -1.92. The molecule has 70 valence electrons. The van der Waals surface area contributed by atoms with Crippen molar-refractivity contribution in [1.82, 2.24) is 9.61 Å². The Morgan fingerprint density at radius 1 is 1.31 bits per heavy atom. The number of halogens is 1. The normalized spacial score (nSPS) is 9.54. The van der Waals surface area contributed by atoms with Gasteiger partial charge in [0.15, 0.2) is 0 Å². The number of aryl methyl sites for hydroxylation is 1. The van der Waals surface area contributed by atoms with Crippen molar-refractivity contribution < 1.29 is 4.39 Å². The summed E-state index contributed by atoms with van der Waals surface area (Å²) in [6.45, 7) is 5.94. The molecule has 0 aliphatic rings. The van der Waals surface area contributed by atoms with Crippen molar-refractivity contribution in [2.75, 3.05) is 0 Å². The largest absolute Gasteiger partial charge is 0.238 e. The molecule has 0 unspecified atom stereocenters. The average Bonchev–Trinajstić information content (AvgIpc) is 2.51. The maximum Gasteiger partial charge on any atom is 0.141 e. The summed E-state index contributed by atoms with van der Waals surface area (Å²) in [4.78, 5) is 0. The molecule has 0 saturated heterocycles. The molecular formula is C10H13FN2. The molecule has 2 rings (SSSR count). The minimum atomic E-state index is -0.263. The molecule has 0 fully saturated rings. The third-order valence-corrected chi connectivity index (χ3v) is 1.67. The summed E-state index contributed by atoms with van der Waals surface area (Å²) in [5.41, 5.74) is 2.01. The lowest BCUT2D eigenvalue weighted by molar-refractivity contribution is 0.615. The molecule has 0 aliphatic heterocycles. The highest BCUT2D eigenvalue weighted by Gasteiger charge is 1.98. The smallest absolute Gasteiger partial charge is 0.141 e. The van der Waals surface area contributed by atoms with Gasteiger partial charge in [0.25, 0.3) is 0 Å². The van der Waals surface area contributed by atoms with Crippen LogP contribution in [-0.2, 0) is 0 Å². The highest BCUT2D eigenvalue weighted by atomic mass is 19.1. The lowest BCUT2D eigenvalue weighted by Crippen LogP contribution is -1.87. The zero-order chi connectivity index (χ0) is 9.84. The van der Waals surface area contributed by atoms with Crippen LogP contribution in [0.2, 0.25) is 0 Å². The van der Waals surface area contributed by atoms with E-state index in [4.69, 9.17) is 0 Å². The topological polar surface area (TPSA) is 17.3 Å². The number of rotatable bonds is 0. The molecule has 0 radical (unpaired) electrons. The standard InChI is InChI=1S/C8H7FN2.C2H6/c1-6-4-10-11-5-7(9)2-3-8(6)11;1-2/h2-5H,1H3;1-2H3. The van der Waals surface area contributed by atoms with Crippen LogP contribution in [0.1, 0.15) is 19.4 Å². The molecule has 0 aromatic carbocycles. The zero-order valence-corrected chi connectivity index (χ0v) is 8.08. The first-order valence-electron chi connectivity index (χ1n) is 4.37. The Balaban J connectivity index is 0.000000396. The molecule has 0 bridgehead atoms. The Labute approximate surface area is 77.0 Å². The van der Waals surface area contributed by atoms with Crippen LogP contribution in [0.4, 0.5) is 4.39 Å². The van der Waals surface area contributed by atoms with Gasteiger partial charge in [-0.1, -0.05) is 13.8 Å². The van der Waals surface area contributed by atoms with Gasteiger partial charge in [-0.25, -0.2) is 8.91 Å². The summed E-state index contributed by atoms with van der Waals surface area (Å²) in [7, 11) is 0. The van der Waals surface area contributed by atoms with E-state index in [9.17, 15) is 4.39 Å². The summed E-state index contributed by atoms with van der Waals surface area (Å²) in [5.74, 6) is -0.263. The fraction of sp³-hybridized carbons (Fsp3) is 0.300. The van der Waals surface area contributed by atoms with Gasteiger partial charge in [-0.2, -0.15) is 5.10 Å². The van der Waals surface area contributed by atoms with Gasteiger partial charge in [0.2, 0.25) is 0 Å². The number of hydrogen-bond donors (Lipinski definition) is 0. The number of hydrogen-bond acceptors (Lipinski definition) is 1. The second kappa shape index (κ2) is 4.03. The number of aromatic nitrogens is 2. The molecule has 2 aromatic heterocycles. The Hall–Kier alpha value is -1.38. The minimum absolute atomic E-state index is 0.263. The van der Waals surface area contributed by atoms with Gasteiger partial charge in [-0.05, 0) is 24.6 Å². The maximum atomic E-state index is 12.6. The lowest BCUT2D eigenvalue weighted by atomic mass is 10.3. The van der Waals surface area contributed by atoms with Gasteiger partial charge in [0.1, 0.15) is 5.82 Å². The minimum Gasteiger partial charge on any atom is -0.238 e. The van der Waals surface area contributed by atoms with Crippen molar-refractivity contribution in [2.24, 2.45) is 0 Å². The fourth-order valence-corrected chi connectivity index (χ4v) is 1.09. The molecule has 2 aromatic rings. The quantitative estimate of drug-likeness (QED) is 0.609. The van der Waals surface area contributed by atoms with Crippen molar-refractivity contribution in [2.45, 2.75) is 20.8 Å². The summed E-state index contributed by atoms with van der Waals surface area (Å²) in [6.07, 6.45) is 3.08. The SMILES string of the molecule is CC.Cc1cnn2cc(F)ccc12. The van der Waals surface area contributed by atoms with Gasteiger partial charge in [0, 0.05) is 0 Å². The van der Waals surface area contributed by atoms with Crippen molar-refractivity contribution in [3.8, 4) is 0 Å². The molecule has 13 heavy (non-hydrogen) atoms. The van der Waals surface area contributed by atoms with Crippen molar-refractivity contribution in [3.63, 3.8) is 0 Å². The van der Waals surface area contributed by atoms with Gasteiger partial charge < -0.3 is 0 Å². The number of nitrogens with zero attached hydrogens (tertiary/aromatic N) is 2. The Morgan fingerprint density at radius 2 is 2.00 bits per heavy atom. The summed E-state index contributed by atoms with van der Waals surface area (Å²) in [6, 6.07) is 3.15. The van der Waals surface area contributed by atoms with E-state index < -0.39 is 0 Å². The van der Waals surface area contributed by atoms with Gasteiger partial charge in [-0.15, -0.1) is 0 Å². The summed E-state index contributed by atoms with van der Waals surface area (Å²) >= 11 is 0. The average molecular weight is 180 g/mol. The van der Waals surface area contributed by atoms with Crippen molar-refractivity contribution in [1.29, 1.82) is 0 Å². The van der Waals surface area contributed by atoms with Crippen LogP contribution < -0.4 is 0 Å². The highest BCUT2D eigenvalue weighted by molar-refractivity contribution is 5.52. The number of pyridine rings is 1. The molecule has 0 amide bonds. The maximum absolute atomic E-state index is 12.6. The van der Waals surface area contributed by atoms with Crippen molar-refractivity contribution in [3.05, 3.63) is 35.9 Å². The van der Waals surface area contributed by atoms with Gasteiger partial charge in [-0.3, -0.25) is 0 Å². The Morgan fingerprint density at radius 3 is 2.69 bits per heavy atom. The first kappa shape index (κ1) is 9.71. The second-order valence-corrected chi connectivity index (χ2v) is 2.50. The molecule has 0 N–H and O–H groups in total. The fourth-order valence-electron chi connectivity index (χ4n) is 1.09. The van der Waals surface area contributed by atoms with E-state index in [2.05, 4.69) is 5.10 Å². The molecule has 0 spiro atoms. The van der Waals surface area contributed by atoms with Crippen LogP contribution >= 0.6 is 0 Å². The first-order chi connectivity index (χ1) is 6.27. The van der Waals surface area contributed by atoms with Crippen molar-refractivity contribution >= 4 is 5.52 Å². The van der Waals surface area contributed by atoms with Crippen LogP contribution in [-0.4, -0.2) is 9.61 Å². The van der Waals surface area contributed by atoms with Crippen LogP contribution in [0.15, 0.2) is 24.5 Å². The van der Waals surface area contributed by atoms with Crippen LogP contribution in [0.3, 0.4) is 0 Å². The van der Waals surface area contributed by atoms with E-state index in [-0.39, 0.29) is 5.82 Å². The monoisotopic (exact) mass is 180 g/mol. The molecule has 2 nitrogen and oxygen atoms in total. The van der Waals surface area contributed by atoms with Crippen LogP contribution in [0, 0.1) is 12.7 Å². The van der Waals surface area contributed by atoms with E-state index in [1.165, 1.54) is 16.8 Å². The Kier molecular flexibility index (Phi) is 3.01. The molecular weight excluding hydrogens is 167 g/mol. The second-order valence-electron chi connectivity index (χ2n) is 2.50. The number of fused-ring (bicyclic) bond motifs is 1. The Bertz CT molecular complexity index is 393. The predicted octanol–water partition coefficient (Wildman–Crippen LogP) is 2.81. The zero-order valence-electron chi connectivity index (χ0n) is 8.08.